The molecule has 0 saturated heterocycles. The van der Waals surface area contributed by atoms with Gasteiger partial charge in [-0.1, -0.05) is 0 Å². The van der Waals surface area contributed by atoms with Crippen LogP contribution < -0.4 is 5.32 Å². The zero-order valence-corrected chi connectivity index (χ0v) is 9.29. The van der Waals surface area contributed by atoms with Gasteiger partial charge in [-0.2, -0.15) is 0 Å². The van der Waals surface area contributed by atoms with Crippen LogP contribution in [0.3, 0.4) is 0 Å². The fourth-order valence-electron chi connectivity index (χ4n) is 1.43. The molecule has 0 bridgehead atoms. The Morgan fingerprint density at radius 2 is 2.00 bits per heavy atom. The van der Waals surface area contributed by atoms with Gasteiger partial charge < -0.3 is 15.1 Å². The average molecular weight is 187 g/mol. The number of carbonyl (C=O) groups excluding carboxylic acids is 1. The number of urea groups is 1. The molecule has 0 radical (unpaired) electrons. The molecule has 0 saturated carbocycles. The van der Waals surface area contributed by atoms with Crippen LogP contribution in [0.4, 0.5) is 4.79 Å². The zero-order chi connectivity index (χ0) is 10.4. The van der Waals surface area contributed by atoms with Crippen molar-refractivity contribution < 1.29 is 4.79 Å². The van der Waals surface area contributed by atoms with Crippen molar-refractivity contribution in [2.45, 2.75) is 19.9 Å². The fraction of sp³-hybridized carbons (Fsp3) is 0.889. The van der Waals surface area contributed by atoms with Gasteiger partial charge >= 0.3 is 6.03 Å². The Kier molecular flexibility index (Phi) is 5.46. The second-order valence-electron chi connectivity index (χ2n) is 3.45. The predicted molar refractivity (Wildman–Crippen MR) is 54.9 cm³/mol. The van der Waals surface area contributed by atoms with E-state index in [2.05, 4.69) is 17.1 Å². The van der Waals surface area contributed by atoms with E-state index in [1.165, 1.54) is 0 Å². The monoisotopic (exact) mass is 187 g/mol. The Morgan fingerprint density at radius 1 is 1.46 bits per heavy atom. The van der Waals surface area contributed by atoms with Gasteiger partial charge in [0.05, 0.1) is 0 Å². The average Bonchev–Trinajstić information content (AvgIpc) is 2.03. The van der Waals surface area contributed by atoms with Crippen LogP contribution in [0.5, 0.6) is 0 Å². The molecule has 13 heavy (non-hydrogen) atoms. The van der Waals surface area contributed by atoms with Gasteiger partial charge in [0.1, 0.15) is 0 Å². The molecule has 2 amide bonds. The van der Waals surface area contributed by atoms with Gasteiger partial charge in [-0.25, -0.2) is 4.79 Å². The van der Waals surface area contributed by atoms with Crippen molar-refractivity contribution in [1.82, 2.24) is 15.1 Å². The Labute approximate surface area is 80.9 Å². The molecule has 0 aromatic rings. The zero-order valence-electron chi connectivity index (χ0n) is 9.29. The summed E-state index contributed by atoms with van der Waals surface area (Å²) in [5, 5.41) is 2.64. The highest BCUT2D eigenvalue weighted by molar-refractivity contribution is 5.74. The molecule has 4 nitrogen and oxygen atoms in total. The highest BCUT2D eigenvalue weighted by Gasteiger charge is 2.16. The third-order valence-electron chi connectivity index (χ3n) is 1.98. The van der Waals surface area contributed by atoms with E-state index in [1.807, 2.05) is 25.9 Å². The number of hydrogen-bond acceptors (Lipinski definition) is 2. The molecule has 0 aliphatic heterocycles. The van der Waals surface area contributed by atoms with E-state index >= 15 is 0 Å². The van der Waals surface area contributed by atoms with Crippen LogP contribution in [0, 0.1) is 0 Å². The fourth-order valence-corrected chi connectivity index (χ4v) is 1.43. The second-order valence-corrected chi connectivity index (χ2v) is 3.45. The summed E-state index contributed by atoms with van der Waals surface area (Å²) in [5.74, 6) is 0. The number of rotatable bonds is 4. The quantitative estimate of drug-likeness (QED) is 0.699. The van der Waals surface area contributed by atoms with E-state index in [1.54, 1.807) is 7.05 Å². The topological polar surface area (TPSA) is 35.6 Å². The first kappa shape index (κ1) is 12.2. The summed E-state index contributed by atoms with van der Waals surface area (Å²) >= 11 is 0. The third kappa shape index (κ3) is 4.12. The first-order valence-corrected chi connectivity index (χ1v) is 4.66. The smallest absolute Gasteiger partial charge is 0.317 e. The van der Waals surface area contributed by atoms with Crippen LogP contribution in [-0.2, 0) is 0 Å². The highest BCUT2D eigenvalue weighted by atomic mass is 16.2. The van der Waals surface area contributed by atoms with Crippen LogP contribution in [0.25, 0.3) is 0 Å². The molecule has 0 aromatic carbocycles. The van der Waals surface area contributed by atoms with E-state index in [4.69, 9.17) is 0 Å². The van der Waals surface area contributed by atoms with Gasteiger partial charge in [0.25, 0.3) is 0 Å². The Hall–Kier alpha value is -0.770. The summed E-state index contributed by atoms with van der Waals surface area (Å²) in [6, 6.07) is 0.247. The SMILES string of the molecule is CCN(C(=O)NC)C(C)CN(C)C. The molecule has 0 aliphatic carbocycles. The van der Waals surface area contributed by atoms with E-state index in [0.29, 0.717) is 0 Å². The Balaban J connectivity index is 4.14. The lowest BCUT2D eigenvalue weighted by Gasteiger charge is -2.29. The van der Waals surface area contributed by atoms with Crippen LogP contribution in [0.2, 0.25) is 0 Å². The molecule has 0 spiro atoms. The van der Waals surface area contributed by atoms with Gasteiger partial charge in [0, 0.05) is 26.2 Å². The molecule has 0 aliphatic rings. The summed E-state index contributed by atoms with van der Waals surface area (Å²) in [7, 11) is 5.68. The lowest BCUT2D eigenvalue weighted by atomic mass is 10.3. The maximum Gasteiger partial charge on any atom is 0.317 e. The van der Waals surface area contributed by atoms with Crippen molar-refractivity contribution in [3.8, 4) is 0 Å². The molecule has 1 atom stereocenters. The lowest BCUT2D eigenvalue weighted by Crippen LogP contribution is -2.47. The van der Waals surface area contributed by atoms with Gasteiger partial charge in [-0.15, -0.1) is 0 Å². The van der Waals surface area contributed by atoms with Crippen LogP contribution in [0.1, 0.15) is 13.8 Å². The Bertz CT molecular complexity index is 159. The summed E-state index contributed by atoms with van der Waals surface area (Å²) in [6.45, 7) is 5.68. The van der Waals surface area contributed by atoms with Crippen LogP contribution >= 0.6 is 0 Å². The number of nitrogens with one attached hydrogen (secondary N) is 1. The van der Waals surface area contributed by atoms with E-state index in [-0.39, 0.29) is 12.1 Å². The number of carbonyl (C=O) groups is 1. The van der Waals surface area contributed by atoms with Gasteiger partial charge in [0.15, 0.2) is 0 Å². The standard InChI is InChI=1S/C9H21N3O/c1-6-12(9(13)10-3)8(2)7-11(4)5/h8H,6-7H2,1-5H3,(H,10,13). The third-order valence-corrected chi connectivity index (χ3v) is 1.98. The number of likely N-dealkylation sites (N-methyl/N-ethyl adjacent to an activating group) is 2. The van der Waals surface area contributed by atoms with Crippen LogP contribution in [0.15, 0.2) is 0 Å². The van der Waals surface area contributed by atoms with Gasteiger partial charge in [0.2, 0.25) is 0 Å². The van der Waals surface area contributed by atoms with Crippen molar-refractivity contribution in [3.63, 3.8) is 0 Å². The minimum atomic E-state index is -0.00292. The normalized spacial score (nSPS) is 12.8. The first-order valence-electron chi connectivity index (χ1n) is 4.66. The highest BCUT2D eigenvalue weighted by Crippen LogP contribution is 1.99. The van der Waals surface area contributed by atoms with Gasteiger partial charge in [-0.05, 0) is 27.9 Å². The molecular weight excluding hydrogens is 166 g/mol. The summed E-state index contributed by atoms with van der Waals surface area (Å²) < 4.78 is 0. The molecule has 78 valence electrons. The van der Waals surface area contributed by atoms with Crippen molar-refractivity contribution in [2.24, 2.45) is 0 Å². The molecular formula is C9H21N3O. The lowest BCUT2D eigenvalue weighted by molar-refractivity contribution is 0.171. The van der Waals surface area contributed by atoms with Crippen molar-refractivity contribution in [2.75, 3.05) is 34.2 Å². The minimum Gasteiger partial charge on any atom is -0.341 e. The number of nitrogens with zero attached hydrogens (tertiary/aromatic N) is 2. The van der Waals surface area contributed by atoms with E-state index < -0.39 is 0 Å². The summed E-state index contributed by atoms with van der Waals surface area (Å²) in [6.07, 6.45) is 0. The molecule has 0 fully saturated rings. The number of hydrogen-bond donors (Lipinski definition) is 1. The largest absolute Gasteiger partial charge is 0.341 e. The van der Waals surface area contributed by atoms with Crippen molar-refractivity contribution in [1.29, 1.82) is 0 Å². The molecule has 0 heterocycles. The maximum absolute atomic E-state index is 11.4. The first-order chi connectivity index (χ1) is 6.02. The molecule has 4 heteroatoms. The van der Waals surface area contributed by atoms with Crippen molar-refractivity contribution >= 4 is 6.03 Å². The molecule has 1 N–H and O–H groups in total. The Morgan fingerprint density at radius 3 is 2.31 bits per heavy atom. The van der Waals surface area contributed by atoms with E-state index in [0.717, 1.165) is 13.1 Å². The summed E-state index contributed by atoms with van der Waals surface area (Å²) in [5.41, 5.74) is 0. The number of amides is 2. The van der Waals surface area contributed by atoms with Gasteiger partial charge in [-0.3, -0.25) is 0 Å². The van der Waals surface area contributed by atoms with Crippen LogP contribution in [-0.4, -0.2) is 56.1 Å². The molecule has 0 rings (SSSR count). The van der Waals surface area contributed by atoms with E-state index in [9.17, 15) is 4.79 Å². The minimum absolute atomic E-state index is 0.00292. The predicted octanol–water partition coefficient (Wildman–Crippen LogP) is 0.598. The maximum atomic E-state index is 11.4. The van der Waals surface area contributed by atoms with Crippen molar-refractivity contribution in [3.05, 3.63) is 0 Å². The summed E-state index contributed by atoms with van der Waals surface area (Å²) in [4.78, 5) is 15.3. The molecule has 0 aromatic heterocycles. The molecule has 1 unspecified atom stereocenters. The second kappa shape index (κ2) is 5.80.